The number of aryl methyl sites for hydroxylation is 1. The maximum Gasteiger partial charge on any atom is 0.0446 e. The van der Waals surface area contributed by atoms with Crippen molar-refractivity contribution < 1.29 is 0 Å². The maximum absolute atomic E-state index is 3.82. The molecule has 0 aliphatic rings. The molecule has 1 atom stereocenters. The van der Waals surface area contributed by atoms with Crippen molar-refractivity contribution in [1.82, 2.24) is 0 Å². The van der Waals surface area contributed by atoms with Crippen molar-refractivity contribution in [2.75, 3.05) is 6.26 Å². The van der Waals surface area contributed by atoms with E-state index in [1.807, 2.05) is 0 Å². The third-order valence-electron chi connectivity index (χ3n) is 3.01. The van der Waals surface area contributed by atoms with E-state index in [0.29, 0.717) is 4.83 Å². The highest BCUT2D eigenvalue weighted by molar-refractivity contribution is 9.09. The number of benzene rings is 2. The van der Waals surface area contributed by atoms with E-state index in [2.05, 4.69) is 77.6 Å². The zero-order chi connectivity index (χ0) is 13.0. The van der Waals surface area contributed by atoms with Crippen LogP contribution in [0.2, 0.25) is 0 Å². The van der Waals surface area contributed by atoms with Gasteiger partial charge in [0.25, 0.3) is 0 Å². The minimum absolute atomic E-state index is 0.379. The Bertz CT molecular complexity index is 505. The fourth-order valence-corrected chi connectivity index (χ4v) is 3.55. The van der Waals surface area contributed by atoms with Crippen molar-refractivity contribution >= 4 is 27.7 Å². The summed E-state index contributed by atoms with van der Waals surface area (Å²) in [5.41, 5.74) is 4.07. The van der Waals surface area contributed by atoms with Crippen LogP contribution in [0.3, 0.4) is 0 Å². The largest absolute Gasteiger partial charge is 0.129 e. The van der Waals surface area contributed by atoms with Gasteiger partial charge < -0.3 is 0 Å². The third kappa shape index (κ3) is 3.39. The molecule has 1 unspecified atom stereocenters. The molecule has 0 N–H and O–H groups in total. The highest BCUT2D eigenvalue weighted by atomic mass is 79.9. The van der Waals surface area contributed by atoms with Gasteiger partial charge in [-0.25, -0.2) is 0 Å². The van der Waals surface area contributed by atoms with Crippen molar-refractivity contribution in [3.8, 4) is 0 Å². The summed E-state index contributed by atoms with van der Waals surface area (Å²) < 4.78 is 0. The standard InChI is InChI=1S/C16H17BrS/c1-12-7-9-13(10-8-12)11-15(17)14-5-3-4-6-16(14)18-2/h3-10,15H,11H2,1-2H3. The molecule has 0 heterocycles. The summed E-state index contributed by atoms with van der Waals surface area (Å²) >= 11 is 5.63. The Labute approximate surface area is 122 Å². The molecule has 0 fully saturated rings. The molecule has 94 valence electrons. The number of rotatable bonds is 4. The molecular weight excluding hydrogens is 304 g/mol. The lowest BCUT2D eigenvalue weighted by Gasteiger charge is -2.14. The Kier molecular flexibility index (Phi) is 4.90. The number of hydrogen-bond acceptors (Lipinski definition) is 1. The molecule has 2 aromatic carbocycles. The fraction of sp³-hybridized carbons (Fsp3) is 0.250. The first kappa shape index (κ1) is 13.7. The number of halogens is 1. The minimum atomic E-state index is 0.379. The predicted molar refractivity (Wildman–Crippen MR) is 84.8 cm³/mol. The SMILES string of the molecule is CSc1ccccc1C(Br)Cc1ccc(C)cc1. The van der Waals surface area contributed by atoms with Gasteiger partial charge in [0.05, 0.1) is 0 Å². The van der Waals surface area contributed by atoms with Crippen LogP contribution in [-0.4, -0.2) is 6.26 Å². The monoisotopic (exact) mass is 320 g/mol. The molecule has 0 nitrogen and oxygen atoms in total. The number of hydrogen-bond donors (Lipinski definition) is 0. The highest BCUT2D eigenvalue weighted by Crippen LogP contribution is 2.33. The quantitative estimate of drug-likeness (QED) is 0.537. The first-order chi connectivity index (χ1) is 8.70. The summed E-state index contributed by atoms with van der Waals surface area (Å²) in [6.45, 7) is 2.12. The molecule has 18 heavy (non-hydrogen) atoms. The van der Waals surface area contributed by atoms with Crippen LogP contribution in [0.15, 0.2) is 53.4 Å². The van der Waals surface area contributed by atoms with Gasteiger partial charge in [-0.1, -0.05) is 64.0 Å². The predicted octanol–water partition coefficient (Wildman–Crippen LogP) is 5.40. The van der Waals surface area contributed by atoms with Gasteiger partial charge in [-0.3, -0.25) is 0 Å². The second-order valence-electron chi connectivity index (χ2n) is 4.40. The second kappa shape index (κ2) is 6.44. The van der Waals surface area contributed by atoms with E-state index in [9.17, 15) is 0 Å². The molecule has 0 saturated heterocycles. The lowest BCUT2D eigenvalue weighted by molar-refractivity contribution is 0.924. The van der Waals surface area contributed by atoms with E-state index in [4.69, 9.17) is 0 Å². The number of alkyl halides is 1. The Hall–Kier alpha value is -0.730. The van der Waals surface area contributed by atoms with Crippen molar-refractivity contribution in [2.45, 2.75) is 23.1 Å². The average molecular weight is 321 g/mol. The van der Waals surface area contributed by atoms with Crippen LogP contribution in [0, 0.1) is 6.92 Å². The van der Waals surface area contributed by atoms with Crippen molar-refractivity contribution in [1.29, 1.82) is 0 Å². The molecule has 2 heteroatoms. The van der Waals surface area contributed by atoms with Gasteiger partial charge in [0.1, 0.15) is 0 Å². The molecule has 2 rings (SSSR count). The van der Waals surface area contributed by atoms with Crippen molar-refractivity contribution in [3.05, 3.63) is 65.2 Å². The summed E-state index contributed by atoms with van der Waals surface area (Å²) in [5, 5.41) is 0. The summed E-state index contributed by atoms with van der Waals surface area (Å²) in [6.07, 6.45) is 3.16. The molecule has 0 spiro atoms. The van der Waals surface area contributed by atoms with Gasteiger partial charge in [0, 0.05) is 9.72 Å². The Morgan fingerprint density at radius 3 is 2.39 bits per heavy atom. The molecule has 0 amide bonds. The average Bonchev–Trinajstić information content (AvgIpc) is 2.41. The van der Waals surface area contributed by atoms with Gasteiger partial charge in [0.15, 0.2) is 0 Å². The molecular formula is C16H17BrS. The van der Waals surface area contributed by atoms with Gasteiger partial charge in [-0.2, -0.15) is 0 Å². The van der Waals surface area contributed by atoms with Crippen molar-refractivity contribution in [3.63, 3.8) is 0 Å². The molecule has 0 aromatic heterocycles. The van der Waals surface area contributed by atoms with Gasteiger partial charge in [-0.05, 0) is 36.8 Å². The Balaban J connectivity index is 2.16. The van der Waals surface area contributed by atoms with E-state index in [1.54, 1.807) is 11.8 Å². The summed E-state index contributed by atoms with van der Waals surface area (Å²) in [5.74, 6) is 0. The van der Waals surface area contributed by atoms with E-state index in [0.717, 1.165) is 6.42 Å². The Morgan fingerprint density at radius 2 is 1.72 bits per heavy atom. The topological polar surface area (TPSA) is 0 Å². The lowest BCUT2D eigenvalue weighted by atomic mass is 10.0. The number of thioether (sulfide) groups is 1. The first-order valence-corrected chi connectivity index (χ1v) is 8.17. The van der Waals surface area contributed by atoms with Gasteiger partial charge >= 0.3 is 0 Å². The van der Waals surface area contributed by atoms with Crippen LogP contribution < -0.4 is 0 Å². The zero-order valence-corrected chi connectivity index (χ0v) is 13.1. The smallest absolute Gasteiger partial charge is 0.0446 e. The maximum atomic E-state index is 3.82. The van der Waals surface area contributed by atoms with Crippen LogP contribution in [0.4, 0.5) is 0 Å². The zero-order valence-electron chi connectivity index (χ0n) is 10.7. The molecule has 2 aromatic rings. The minimum Gasteiger partial charge on any atom is -0.129 e. The third-order valence-corrected chi connectivity index (χ3v) is 4.64. The van der Waals surface area contributed by atoms with Gasteiger partial charge in [-0.15, -0.1) is 11.8 Å². The summed E-state index contributed by atoms with van der Waals surface area (Å²) in [6, 6.07) is 17.4. The second-order valence-corrected chi connectivity index (χ2v) is 6.35. The summed E-state index contributed by atoms with van der Waals surface area (Å²) in [4.78, 5) is 1.73. The first-order valence-electron chi connectivity index (χ1n) is 6.03. The van der Waals surface area contributed by atoms with Crippen LogP contribution in [-0.2, 0) is 6.42 Å². The summed E-state index contributed by atoms with van der Waals surface area (Å²) in [7, 11) is 0. The molecule has 0 saturated carbocycles. The molecule has 0 radical (unpaired) electrons. The van der Waals surface area contributed by atoms with Gasteiger partial charge in [0.2, 0.25) is 0 Å². The van der Waals surface area contributed by atoms with Crippen molar-refractivity contribution in [2.24, 2.45) is 0 Å². The van der Waals surface area contributed by atoms with Crippen LogP contribution in [0.1, 0.15) is 21.5 Å². The van der Waals surface area contributed by atoms with Crippen LogP contribution in [0.5, 0.6) is 0 Å². The Morgan fingerprint density at radius 1 is 1.06 bits per heavy atom. The highest BCUT2D eigenvalue weighted by Gasteiger charge is 2.11. The van der Waals surface area contributed by atoms with E-state index < -0.39 is 0 Å². The van der Waals surface area contributed by atoms with Crippen LogP contribution >= 0.6 is 27.7 Å². The molecule has 0 bridgehead atoms. The van der Waals surface area contributed by atoms with E-state index >= 15 is 0 Å². The lowest BCUT2D eigenvalue weighted by Crippen LogP contribution is -1.97. The normalized spacial score (nSPS) is 12.4. The molecule has 0 aliphatic heterocycles. The van der Waals surface area contributed by atoms with E-state index in [1.165, 1.54) is 21.6 Å². The van der Waals surface area contributed by atoms with E-state index in [-0.39, 0.29) is 0 Å². The van der Waals surface area contributed by atoms with Crippen LogP contribution in [0.25, 0.3) is 0 Å². The molecule has 0 aliphatic carbocycles. The fourth-order valence-electron chi connectivity index (χ4n) is 1.97.